The van der Waals surface area contributed by atoms with E-state index in [9.17, 15) is 4.79 Å². The summed E-state index contributed by atoms with van der Waals surface area (Å²) in [6, 6.07) is 22.6. The van der Waals surface area contributed by atoms with E-state index in [0.717, 1.165) is 39.0 Å². The Morgan fingerprint density at radius 1 is 0.935 bits per heavy atom. The second kappa shape index (κ2) is 9.54. The first-order valence-electron chi connectivity index (χ1n) is 11.7. The average molecular weight is 421 g/mol. The van der Waals surface area contributed by atoms with E-state index >= 15 is 0 Å². The molecule has 31 heavy (non-hydrogen) atoms. The highest BCUT2D eigenvalue weighted by molar-refractivity contribution is 5.70. The lowest BCUT2D eigenvalue weighted by atomic mass is 9.89. The minimum atomic E-state index is -0.388. The summed E-state index contributed by atoms with van der Waals surface area (Å²) in [5, 5.41) is 0. The van der Waals surface area contributed by atoms with Crippen LogP contribution in [0.5, 0.6) is 0 Å². The van der Waals surface area contributed by atoms with Crippen molar-refractivity contribution in [3.05, 3.63) is 71.8 Å². The van der Waals surface area contributed by atoms with Gasteiger partial charge in [-0.25, -0.2) is 0 Å². The van der Waals surface area contributed by atoms with Gasteiger partial charge in [0.05, 0.1) is 6.04 Å². The zero-order valence-electron chi connectivity index (χ0n) is 19.2. The summed E-state index contributed by atoms with van der Waals surface area (Å²) in [6.45, 7) is 10.2. The number of carbonyl (C=O) groups is 1. The molecule has 0 aliphatic carbocycles. The predicted molar refractivity (Wildman–Crippen MR) is 125 cm³/mol. The summed E-state index contributed by atoms with van der Waals surface area (Å²) >= 11 is 0. The van der Waals surface area contributed by atoms with E-state index in [-0.39, 0.29) is 11.6 Å². The third kappa shape index (κ3) is 5.75. The smallest absolute Gasteiger partial charge is 0.306 e. The molecule has 0 saturated carbocycles. The number of esters is 1. The maximum absolute atomic E-state index is 12.2. The number of hydrogen-bond acceptors (Lipinski definition) is 4. The van der Waals surface area contributed by atoms with Crippen LogP contribution < -0.4 is 0 Å². The summed E-state index contributed by atoms with van der Waals surface area (Å²) in [7, 11) is 0. The topological polar surface area (TPSA) is 32.8 Å². The van der Waals surface area contributed by atoms with Crippen LogP contribution in [0.15, 0.2) is 60.7 Å². The molecule has 0 unspecified atom stereocenters. The summed E-state index contributed by atoms with van der Waals surface area (Å²) in [5.41, 5.74) is 2.34. The molecule has 166 valence electrons. The summed E-state index contributed by atoms with van der Waals surface area (Å²) < 4.78 is 5.51. The number of nitrogens with zero attached hydrogens (tertiary/aromatic N) is 2. The fourth-order valence-electron chi connectivity index (χ4n) is 4.96. The number of likely N-dealkylation sites (tertiary alicyclic amines) is 2. The molecule has 0 atom stereocenters. The molecule has 0 radical (unpaired) electrons. The normalized spacial score (nSPS) is 19.4. The molecule has 4 nitrogen and oxygen atoms in total. The first kappa shape index (κ1) is 22.0. The molecule has 0 spiro atoms. The van der Waals surface area contributed by atoms with Gasteiger partial charge in [0.1, 0.15) is 5.60 Å². The van der Waals surface area contributed by atoms with Gasteiger partial charge < -0.3 is 4.74 Å². The van der Waals surface area contributed by atoms with Crippen molar-refractivity contribution in [1.29, 1.82) is 0 Å². The lowest BCUT2D eigenvalue weighted by Gasteiger charge is -2.50. The van der Waals surface area contributed by atoms with Gasteiger partial charge in [0, 0.05) is 25.6 Å². The largest absolute Gasteiger partial charge is 0.460 e. The van der Waals surface area contributed by atoms with Gasteiger partial charge >= 0.3 is 5.97 Å². The number of carbonyl (C=O) groups excluding carboxylic acids is 1. The summed E-state index contributed by atoms with van der Waals surface area (Å²) in [6.07, 6.45) is 2.75. The number of hydrogen-bond donors (Lipinski definition) is 0. The van der Waals surface area contributed by atoms with Crippen LogP contribution in [0.1, 0.15) is 57.2 Å². The molecule has 2 heterocycles. The van der Waals surface area contributed by atoms with E-state index in [1.807, 2.05) is 20.8 Å². The minimum absolute atomic E-state index is 0.0469. The van der Waals surface area contributed by atoms with Crippen molar-refractivity contribution in [3.8, 4) is 0 Å². The Hall–Kier alpha value is -2.17. The molecule has 4 rings (SSSR count). The standard InChI is InChI=1S/C27H36N2O2/c1-27(2,3)31-25(30)18-21-14-16-28(17-15-21)24-19-29(20-24)26(22-10-6-4-7-11-22)23-12-8-5-9-13-23/h4-13,21,24,26H,14-20H2,1-3H3. The van der Waals surface area contributed by atoms with Gasteiger partial charge in [0.2, 0.25) is 0 Å². The Bertz CT molecular complexity index is 793. The van der Waals surface area contributed by atoms with Gasteiger partial charge in [-0.2, -0.15) is 0 Å². The van der Waals surface area contributed by atoms with Crippen molar-refractivity contribution in [3.63, 3.8) is 0 Å². The third-order valence-corrected chi connectivity index (χ3v) is 6.53. The molecule has 2 fully saturated rings. The van der Waals surface area contributed by atoms with Crippen molar-refractivity contribution < 1.29 is 9.53 Å². The molecule has 0 aromatic heterocycles. The maximum atomic E-state index is 12.2. The minimum Gasteiger partial charge on any atom is -0.460 e. The molecule has 0 N–H and O–H groups in total. The van der Waals surface area contributed by atoms with Gasteiger partial charge in [0.15, 0.2) is 0 Å². The lowest BCUT2D eigenvalue weighted by molar-refractivity contribution is -0.156. The number of ether oxygens (including phenoxy) is 1. The Morgan fingerprint density at radius 2 is 1.45 bits per heavy atom. The number of benzene rings is 2. The number of rotatable bonds is 6. The summed E-state index contributed by atoms with van der Waals surface area (Å²) in [5.74, 6) is 0.415. The molecule has 4 heteroatoms. The molecule has 0 amide bonds. The predicted octanol–water partition coefficient (Wildman–Crippen LogP) is 4.90. The van der Waals surface area contributed by atoms with Crippen LogP contribution >= 0.6 is 0 Å². The van der Waals surface area contributed by atoms with Crippen LogP contribution in [0.3, 0.4) is 0 Å². The fraction of sp³-hybridized carbons (Fsp3) is 0.519. The lowest BCUT2D eigenvalue weighted by Crippen LogP contribution is -2.61. The first-order valence-corrected chi connectivity index (χ1v) is 11.7. The third-order valence-electron chi connectivity index (χ3n) is 6.53. The fourth-order valence-corrected chi connectivity index (χ4v) is 4.96. The van der Waals surface area contributed by atoms with Crippen molar-refractivity contribution in [2.75, 3.05) is 26.2 Å². The highest BCUT2D eigenvalue weighted by Gasteiger charge is 2.38. The SMILES string of the molecule is CC(C)(C)OC(=O)CC1CCN(C2CN(C(c3ccccc3)c3ccccc3)C2)CC1. The van der Waals surface area contributed by atoms with Crippen LogP contribution in [0.4, 0.5) is 0 Å². The molecular weight excluding hydrogens is 384 g/mol. The average Bonchev–Trinajstić information content (AvgIpc) is 2.71. The molecule has 2 aliphatic heterocycles. The Kier molecular flexibility index (Phi) is 6.78. The van der Waals surface area contributed by atoms with Crippen molar-refractivity contribution in [2.24, 2.45) is 5.92 Å². The second-order valence-electron chi connectivity index (χ2n) is 10.1. The van der Waals surface area contributed by atoms with Crippen molar-refractivity contribution >= 4 is 5.97 Å². The van der Waals surface area contributed by atoms with E-state index in [4.69, 9.17) is 4.74 Å². The van der Waals surface area contributed by atoms with Gasteiger partial charge in [0.25, 0.3) is 0 Å². The van der Waals surface area contributed by atoms with E-state index in [2.05, 4.69) is 70.5 Å². The highest BCUT2D eigenvalue weighted by Crippen LogP contribution is 2.35. The zero-order valence-corrected chi connectivity index (χ0v) is 19.2. The molecule has 2 aromatic rings. The molecule has 0 bridgehead atoms. The molecular formula is C27H36N2O2. The molecule has 2 aromatic carbocycles. The Morgan fingerprint density at radius 3 is 1.94 bits per heavy atom. The number of piperidine rings is 1. The Labute approximate surface area is 187 Å². The van der Waals surface area contributed by atoms with Crippen LogP contribution in [0.2, 0.25) is 0 Å². The Balaban J connectivity index is 1.30. The van der Waals surface area contributed by atoms with Gasteiger partial charge in [-0.15, -0.1) is 0 Å². The monoisotopic (exact) mass is 420 g/mol. The first-order chi connectivity index (χ1) is 14.9. The van der Waals surface area contributed by atoms with Crippen LogP contribution in [0.25, 0.3) is 0 Å². The van der Waals surface area contributed by atoms with Crippen LogP contribution in [-0.4, -0.2) is 53.6 Å². The van der Waals surface area contributed by atoms with E-state index < -0.39 is 0 Å². The maximum Gasteiger partial charge on any atom is 0.306 e. The molecule has 2 aliphatic rings. The summed E-state index contributed by atoms with van der Waals surface area (Å²) in [4.78, 5) is 17.4. The van der Waals surface area contributed by atoms with E-state index in [0.29, 0.717) is 24.4 Å². The van der Waals surface area contributed by atoms with Gasteiger partial charge in [-0.3, -0.25) is 14.6 Å². The second-order valence-corrected chi connectivity index (χ2v) is 10.1. The van der Waals surface area contributed by atoms with Crippen molar-refractivity contribution in [2.45, 2.75) is 57.7 Å². The highest BCUT2D eigenvalue weighted by atomic mass is 16.6. The van der Waals surface area contributed by atoms with Crippen LogP contribution in [-0.2, 0) is 9.53 Å². The quantitative estimate of drug-likeness (QED) is 0.622. The van der Waals surface area contributed by atoms with Crippen LogP contribution in [0, 0.1) is 5.92 Å². The van der Waals surface area contributed by atoms with Gasteiger partial charge in [-0.05, 0) is 63.7 Å². The van der Waals surface area contributed by atoms with E-state index in [1.165, 1.54) is 11.1 Å². The van der Waals surface area contributed by atoms with E-state index in [1.54, 1.807) is 0 Å². The van der Waals surface area contributed by atoms with Crippen molar-refractivity contribution in [1.82, 2.24) is 9.80 Å². The van der Waals surface area contributed by atoms with Gasteiger partial charge in [-0.1, -0.05) is 60.7 Å². The zero-order chi connectivity index (χ0) is 21.8. The molecule has 2 saturated heterocycles.